The fourth-order valence-electron chi connectivity index (χ4n) is 3.48. The predicted molar refractivity (Wildman–Crippen MR) is 106 cm³/mol. The van der Waals surface area contributed by atoms with Gasteiger partial charge >= 0.3 is 5.97 Å². The Kier molecular flexibility index (Phi) is 5.44. The molecule has 0 atom stereocenters. The second kappa shape index (κ2) is 7.80. The molecular formula is C21H23N3O4. The van der Waals surface area contributed by atoms with Gasteiger partial charge in [-0.3, -0.25) is 19.0 Å². The number of ketones is 1. The zero-order valence-corrected chi connectivity index (χ0v) is 16.4. The summed E-state index contributed by atoms with van der Waals surface area (Å²) < 4.78 is 8.35. The van der Waals surface area contributed by atoms with Crippen LogP contribution in [0.2, 0.25) is 0 Å². The monoisotopic (exact) mass is 381 g/mol. The Balaban J connectivity index is 1.68. The molecule has 2 aromatic heterocycles. The van der Waals surface area contributed by atoms with Crippen LogP contribution in [0.15, 0.2) is 41.5 Å². The molecule has 0 saturated heterocycles. The highest BCUT2D eigenvalue weighted by atomic mass is 16.5. The average Bonchev–Trinajstić information content (AvgIpc) is 2.96. The van der Waals surface area contributed by atoms with E-state index < -0.39 is 5.97 Å². The van der Waals surface area contributed by atoms with Crippen molar-refractivity contribution in [1.82, 2.24) is 14.1 Å². The Morgan fingerprint density at radius 2 is 1.89 bits per heavy atom. The first-order chi connectivity index (χ1) is 13.3. The van der Waals surface area contributed by atoms with Gasteiger partial charge in [0.05, 0.1) is 17.2 Å². The van der Waals surface area contributed by atoms with Crippen LogP contribution in [0.25, 0.3) is 10.9 Å². The van der Waals surface area contributed by atoms with E-state index in [4.69, 9.17) is 4.74 Å². The minimum atomic E-state index is -0.662. The summed E-state index contributed by atoms with van der Waals surface area (Å²) in [5.74, 6) is -0.928. The molecule has 0 amide bonds. The number of para-hydroxylation sites is 1. The smallest absolute Gasteiger partial charge is 0.326 e. The van der Waals surface area contributed by atoms with E-state index >= 15 is 0 Å². The van der Waals surface area contributed by atoms with Gasteiger partial charge in [0.2, 0.25) is 5.78 Å². The first-order valence-corrected chi connectivity index (χ1v) is 9.11. The van der Waals surface area contributed by atoms with Crippen molar-refractivity contribution < 1.29 is 14.3 Å². The van der Waals surface area contributed by atoms with Crippen molar-refractivity contribution in [3.63, 3.8) is 0 Å². The molecule has 2 heterocycles. The van der Waals surface area contributed by atoms with E-state index in [1.165, 1.54) is 10.9 Å². The normalized spacial score (nSPS) is 11.2. The predicted octanol–water partition coefficient (Wildman–Crippen LogP) is 2.82. The van der Waals surface area contributed by atoms with Crippen LogP contribution in [0.5, 0.6) is 0 Å². The zero-order chi connectivity index (χ0) is 20.4. The van der Waals surface area contributed by atoms with Crippen molar-refractivity contribution in [2.75, 3.05) is 6.61 Å². The van der Waals surface area contributed by atoms with Gasteiger partial charge in [0, 0.05) is 23.0 Å². The molecule has 0 aliphatic rings. The molecule has 3 rings (SSSR count). The van der Waals surface area contributed by atoms with Crippen LogP contribution in [0.4, 0.5) is 0 Å². The molecule has 0 radical (unpaired) electrons. The van der Waals surface area contributed by atoms with Crippen LogP contribution >= 0.6 is 0 Å². The lowest BCUT2D eigenvalue weighted by atomic mass is 10.1. The minimum Gasteiger partial charge on any atom is -0.456 e. The van der Waals surface area contributed by atoms with Gasteiger partial charge in [0.15, 0.2) is 6.61 Å². The molecule has 0 bridgehead atoms. The van der Waals surface area contributed by atoms with E-state index in [0.717, 1.165) is 11.4 Å². The fourth-order valence-corrected chi connectivity index (χ4v) is 3.48. The quantitative estimate of drug-likeness (QED) is 0.484. The number of Topliss-reactive ketones (excluding diaryl/α,β-unsaturated/α-hetero) is 1. The number of rotatable bonds is 6. The molecule has 7 nitrogen and oxygen atoms in total. The van der Waals surface area contributed by atoms with Crippen molar-refractivity contribution in [3.05, 3.63) is 64.0 Å². The van der Waals surface area contributed by atoms with Gasteiger partial charge < -0.3 is 9.30 Å². The second-order valence-corrected chi connectivity index (χ2v) is 7.03. The van der Waals surface area contributed by atoms with Gasteiger partial charge in [-0.2, -0.15) is 0 Å². The number of esters is 1. The molecule has 0 unspecified atom stereocenters. The Bertz CT molecular complexity index is 1110. The van der Waals surface area contributed by atoms with Crippen LogP contribution in [-0.4, -0.2) is 32.5 Å². The maximum absolute atomic E-state index is 12.5. The number of nitrogens with zero attached hydrogens (tertiary/aromatic N) is 3. The number of carbonyl (C=O) groups is 2. The molecule has 0 fully saturated rings. The summed E-state index contributed by atoms with van der Waals surface area (Å²) in [5.41, 5.74) is 2.62. The van der Waals surface area contributed by atoms with E-state index in [1.54, 1.807) is 24.3 Å². The number of hydrogen-bond acceptors (Lipinski definition) is 5. The third-order valence-corrected chi connectivity index (χ3v) is 4.70. The largest absolute Gasteiger partial charge is 0.456 e. The third-order valence-electron chi connectivity index (χ3n) is 4.70. The number of carbonyl (C=O) groups excluding carboxylic acids is 2. The number of aromatic nitrogens is 3. The molecule has 0 N–H and O–H groups in total. The van der Waals surface area contributed by atoms with Crippen LogP contribution in [-0.2, 0) is 16.1 Å². The lowest BCUT2D eigenvalue weighted by molar-refractivity contribution is -0.143. The summed E-state index contributed by atoms with van der Waals surface area (Å²) in [6, 6.07) is 8.95. The summed E-state index contributed by atoms with van der Waals surface area (Å²) in [5, 5.41) is 0.426. The topological polar surface area (TPSA) is 83.2 Å². The molecule has 7 heteroatoms. The number of benzene rings is 1. The molecular weight excluding hydrogens is 358 g/mol. The molecule has 0 spiro atoms. The SMILES string of the molecule is Cc1cc(C(=O)COC(=O)Cn2cnc3ccccc3c2=O)c(C)n1C(C)C. The van der Waals surface area contributed by atoms with Crippen molar-refractivity contribution in [3.8, 4) is 0 Å². The van der Waals surface area contributed by atoms with Gasteiger partial charge in [-0.1, -0.05) is 12.1 Å². The zero-order valence-electron chi connectivity index (χ0n) is 16.4. The molecule has 1 aromatic carbocycles. The summed E-state index contributed by atoms with van der Waals surface area (Å²) in [7, 11) is 0. The number of fused-ring (bicyclic) bond motifs is 1. The van der Waals surface area contributed by atoms with E-state index in [9.17, 15) is 14.4 Å². The van der Waals surface area contributed by atoms with Gasteiger partial charge in [-0.25, -0.2) is 4.98 Å². The number of aryl methyl sites for hydroxylation is 1. The standard InChI is InChI=1S/C21H23N3O4/c1-13(2)24-14(3)9-17(15(24)4)19(25)11-28-20(26)10-23-12-22-18-8-6-5-7-16(18)21(23)27/h5-9,12-13H,10-11H2,1-4H3. The van der Waals surface area contributed by atoms with Crippen molar-refractivity contribution >= 4 is 22.7 Å². The Hall–Kier alpha value is -3.22. The van der Waals surface area contributed by atoms with Crippen molar-refractivity contribution in [1.29, 1.82) is 0 Å². The summed E-state index contributed by atoms with van der Waals surface area (Å²) in [4.78, 5) is 41.2. The van der Waals surface area contributed by atoms with Gasteiger partial charge in [-0.05, 0) is 45.9 Å². The lowest BCUT2D eigenvalue weighted by Gasteiger charge is -2.13. The first-order valence-electron chi connectivity index (χ1n) is 9.11. The fraction of sp³-hybridized carbons (Fsp3) is 0.333. The third kappa shape index (κ3) is 3.74. The highest BCUT2D eigenvalue weighted by molar-refractivity contribution is 5.99. The Morgan fingerprint density at radius 3 is 2.57 bits per heavy atom. The van der Waals surface area contributed by atoms with Crippen LogP contribution in [0.3, 0.4) is 0 Å². The number of hydrogen-bond donors (Lipinski definition) is 0. The number of ether oxygens (including phenoxy) is 1. The Labute approximate surface area is 162 Å². The molecule has 0 aliphatic carbocycles. The molecule has 3 aromatic rings. The molecule has 0 saturated carbocycles. The lowest BCUT2D eigenvalue weighted by Crippen LogP contribution is -2.26. The van der Waals surface area contributed by atoms with Gasteiger partial charge in [0.25, 0.3) is 5.56 Å². The van der Waals surface area contributed by atoms with Crippen LogP contribution in [0, 0.1) is 13.8 Å². The van der Waals surface area contributed by atoms with E-state index in [-0.39, 0.29) is 30.5 Å². The van der Waals surface area contributed by atoms with Crippen molar-refractivity contribution in [2.24, 2.45) is 0 Å². The van der Waals surface area contributed by atoms with Gasteiger partial charge in [0.1, 0.15) is 6.54 Å². The average molecular weight is 381 g/mol. The molecule has 0 aliphatic heterocycles. The van der Waals surface area contributed by atoms with E-state index in [0.29, 0.717) is 16.5 Å². The van der Waals surface area contributed by atoms with Crippen LogP contribution in [0.1, 0.15) is 41.6 Å². The highest BCUT2D eigenvalue weighted by Gasteiger charge is 2.19. The van der Waals surface area contributed by atoms with E-state index in [2.05, 4.69) is 9.55 Å². The maximum Gasteiger partial charge on any atom is 0.326 e. The van der Waals surface area contributed by atoms with Gasteiger partial charge in [-0.15, -0.1) is 0 Å². The minimum absolute atomic E-state index is 0.233. The second-order valence-electron chi connectivity index (χ2n) is 7.03. The summed E-state index contributed by atoms with van der Waals surface area (Å²) in [6.45, 7) is 7.25. The maximum atomic E-state index is 12.5. The summed E-state index contributed by atoms with van der Waals surface area (Å²) >= 11 is 0. The molecule has 146 valence electrons. The van der Waals surface area contributed by atoms with Crippen molar-refractivity contribution in [2.45, 2.75) is 40.3 Å². The summed E-state index contributed by atoms with van der Waals surface area (Å²) in [6.07, 6.45) is 1.31. The Morgan fingerprint density at radius 1 is 1.18 bits per heavy atom. The van der Waals surface area contributed by atoms with Crippen LogP contribution < -0.4 is 5.56 Å². The highest BCUT2D eigenvalue weighted by Crippen LogP contribution is 2.20. The first kappa shape index (κ1) is 19.5. The molecule has 28 heavy (non-hydrogen) atoms. The van der Waals surface area contributed by atoms with E-state index in [1.807, 2.05) is 33.8 Å².